The van der Waals surface area contributed by atoms with E-state index >= 15 is 0 Å². The van der Waals surface area contributed by atoms with Gasteiger partial charge in [0.2, 0.25) is 11.8 Å². The molecule has 2 aromatic rings. The van der Waals surface area contributed by atoms with Crippen molar-refractivity contribution < 1.29 is 23.2 Å². The number of carbonyl (C=O) groups is 3. The molecule has 1 atom stereocenters. The summed E-state index contributed by atoms with van der Waals surface area (Å²) in [6.45, 7) is 0.0127. The average Bonchev–Trinajstić information content (AvgIpc) is 3.18. The van der Waals surface area contributed by atoms with Crippen LogP contribution < -0.4 is 10.2 Å². The van der Waals surface area contributed by atoms with E-state index in [0.717, 1.165) is 17.0 Å². The van der Waals surface area contributed by atoms with Crippen LogP contribution in [0.25, 0.3) is 0 Å². The maximum atomic E-state index is 13.9. The quantitative estimate of drug-likeness (QED) is 0.857. The standard InChI is InChI=1S/C21H19F2N3O3/c22-14-7-8-15-18(10-14)26(21(29)17-6-3-9-25(17)20(15)28)12-19(27)24-11-13-4-1-2-5-16(13)23/h1-2,4-5,7-8,10,17H,3,6,9,11-12H2,(H,24,27). The summed E-state index contributed by atoms with van der Waals surface area (Å²) in [6.07, 6.45) is 1.18. The minimum Gasteiger partial charge on any atom is -0.350 e. The fraction of sp³-hybridized carbons (Fsp3) is 0.286. The predicted molar refractivity (Wildman–Crippen MR) is 101 cm³/mol. The van der Waals surface area contributed by atoms with Crippen molar-refractivity contribution in [2.45, 2.75) is 25.4 Å². The molecular weight excluding hydrogens is 380 g/mol. The fourth-order valence-electron chi connectivity index (χ4n) is 3.83. The average molecular weight is 399 g/mol. The predicted octanol–water partition coefficient (Wildman–Crippen LogP) is 2.23. The van der Waals surface area contributed by atoms with E-state index in [4.69, 9.17) is 0 Å². The van der Waals surface area contributed by atoms with E-state index in [1.165, 1.54) is 17.0 Å². The van der Waals surface area contributed by atoms with Crippen molar-refractivity contribution in [1.82, 2.24) is 10.2 Å². The molecule has 4 rings (SSSR count). The van der Waals surface area contributed by atoms with E-state index < -0.39 is 29.5 Å². The molecular formula is C21H19F2N3O3. The Morgan fingerprint density at radius 3 is 2.72 bits per heavy atom. The van der Waals surface area contributed by atoms with Crippen LogP contribution in [0.15, 0.2) is 42.5 Å². The van der Waals surface area contributed by atoms with E-state index in [1.54, 1.807) is 18.2 Å². The Hall–Kier alpha value is -3.29. The Morgan fingerprint density at radius 2 is 1.93 bits per heavy atom. The Balaban J connectivity index is 1.59. The first kappa shape index (κ1) is 19.0. The van der Waals surface area contributed by atoms with Gasteiger partial charge in [-0.15, -0.1) is 0 Å². The van der Waals surface area contributed by atoms with Gasteiger partial charge in [-0.3, -0.25) is 14.4 Å². The van der Waals surface area contributed by atoms with Crippen molar-refractivity contribution in [1.29, 1.82) is 0 Å². The zero-order chi connectivity index (χ0) is 20.5. The highest BCUT2D eigenvalue weighted by Gasteiger charge is 2.42. The van der Waals surface area contributed by atoms with E-state index in [2.05, 4.69) is 5.32 Å². The van der Waals surface area contributed by atoms with Gasteiger partial charge in [0, 0.05) is 18.7 Å². The van der Waals surface area contributed by atoms with Crippen molar-refractivity contribution >= 4 is 23.4 Å². The lowest BCUT2D eigenvalue weighted by molar-refractivity contribution is -0.125. The maximum Gasteiger partial charge on any atom is 0.256 e. The monoisotopic (exact) mass is 399 g/mol. The maximum absolute atomic E-state index is 13.9. The minimum absolute atomic E-state index is 0.0436. The van der Waals surface area contributed by atoms with Gasteiger partial charge in [0.25, 0.3) is 5.91 Å². The van der Waals surface area contributed by atoms with Gasteiger partial charge in [0.15, 0.2) is 0 Å². The molecule has 1 unspecified atom stereocenters. The molecule has 2 aliphatic rings. The fourth-order valence-corrected chi connectivity index (χ4v) is 3.83. The molecule has 2 heterocycles. The van der Waals surface area contributed by atoms with E-state index in [0.29, 0.717) is 24.9 Å². The zero-order valence-electron chi connectivity index (χ0n) is 15.5. The molecule has 1 N–H and O–H groups in total. The number of halogens is 2. The topological polar surface area (TPSA) is 69.7 Å². The molecule has 2 aliphatic heterocycles. The summed E-state index contributed by atoms with van der Waals surface area (Å²) in [5.74, 6) is -2.34. The molecule has 6 nitrogen and oxygen atoms in total. The highest BCUT2D eigenvalue weighted by Crippen LogP contribution is 2.32. The number of hydrogen-bond acceptors (Lipinski definition) is 3. The third-order valence-electron chi connectivity index (χ3n) is 5.28. The summed E-state index contributed by atoms with van der Waals surface area (Å²) < 4.78 is 27.6. The van der Waals surface area contributed by atoms with Crippen LogP contribution in [0, 0.1) is 11.6 Å². The normalized spacial score (nSPS) is 18.3. The molecule has 150 valence electrons. The van der Waals surface area contributed by atoms with E-state index in [-0.39, 0.29) is 30.2 Å². The van der Waals surface area contributed by atoms with Gasteiger partial charge in [-0.05, 0) is 37.1 Å². The highest BCUT2D eigenvalue weighted by molar-refractivity contribution is 6.12. The van der Waals surface area contributed by atoms with Crippen molar-refractivity contribution in [3.63, 3.8) is 0 Å². The second-order valence-corrected chi connectivity index (χ2v) is 7.11. The van der Waals surface area contributed by atoms with Gasteiger partial charge in [-0.25, -0.2) is 8.78 Å². The first-order valence-corrected chi connectivity index (χ1v) is 9.37. The number of benzene rings is 2. The Kier molecular flexibility index (Phi) is 5.00. The number of anilines is 1. The number of fused-ring (bicyclic) bond motifs is 2. The molecule has 3 amide bonds. The number of hydrogen-bond donors (Lipinski definition) is 1. The van der Waals surface area contributed by atoms with Crippen LogP contribution in [0.2, 0.25) is 0 Å². The van der Waals surface area contributed by atoms with Crippen LogP contribution in [0.5, 0.6) is 0 Å². The molecule has 0 radical (unpaired) electrons. The second-order valence-electron chi connectivity index (χ2n) is 7.11. The largest absolute Gasteiger partial charge is 0.350 e. The number of nitrogens with one attached hydrogen (secondary N) is 1. The molecule has 1 fully saturated rings. The molecule has 29 heavy (non-hydrogen) atoms. The lowest BCUT2D eigenvalue weighted by Crippen LogP contribution is -2.48. The van der Waals surface area contributed by atoms with Crippen molar-refractivity contribution in [2.24, 2.45) is 0 Å². The van der Waals surface area contributed by atoms with Gasteiger partial charge in [0.05, 0.1) is 11.3 Å². The SMILES string of the molecule is O=C(CN1C(=O)C2CCCN2C(=O)c2ccc(F)cc21)NCc1ccccc1F. The lowest BCUT2D eigenvalue weighted by Gasteiger charge is -2.25. The van der Waals surface area contributed by atoms with Crippen LogP contribution in [-0.4, -0.2) is 41.8 Å². The Bertz CT molecular complexity index is 995. The lowest BCUT2D eigenvalue weighted by atomic mass is 10.1. The molecule has 0 aromatic heterocycles. The Morgan fingerprint density at radius 1 is 1.14 bits per heavy atom. The summed E-state index contributed by atoms with van der Waals surface area (Å²) in [4.78, 5) is 41.1. The second kappa shape index (κ2) is 7.62. The van der Waals surface area contributed by atoms with Gasteiger partial charge < -0.3 is 15.1 Å². The van der Waals surface area contributed by atoms with Gasteiger partial charge >= 0.3 is 0 Å². The van der Waals surface area contributed by atoms with Gasteiger partial charge in [-0.2, -0.15) is 0 Å². The van der Waals surface area contributed by atoms with Crippen molar-refractivity contribution in [3.05, 3.63) is 65.2 Å². The summed E-state index contributed by atoms with van der Waals surface area (Å²) in [7, 11) is 0. The van der Waals surface area contributed by atoms with Crippen molar-refractivity contribution in [2.75, 3.05) is 18.0 Å². The summed E-state index contributed by atoms with van der Waals surface area (Å²) in [6, 6.07) is 8.97. The number of amides is 3. The van der Waals surface area contributed by atoms with E-state index in [9.17, 15) is 23.2 Å². The first-order valence-electron chi connectivity index (χ1n) is 9.37. The van der Waals surface area contributed by atoms with Crippen LogP contribution in [0.1, 0.15) is 28.8 Å². The molecule has 2 aromatic carbocycles. The van der Waals surface area contributed by atoms with Gasteiger partial charge in [0.1, 0.15) is 24.2 Å². The van der Waals surface area contributed by atoms with Crippen LogP contribution >= 0.6 is 0 Å². The third kappa shape index (κ3) is 3.57. The number of nitrogens with zero attached hydrogens (tertiary/aromatic N) is 2. The molecule has 0 saturated carbocycles. The first-order chi connectivity index (χ1) is 14.0. The van der Waals surface area contributed by atoms with Crippen LogP contribution in [0.3, 0.4) is 0 Å². The smallest absolute Gasteiger partial charge is 0.256 e. The summed E-state index contributed by atoms with van der Waals surface area (Å²) in [5, 5.41) is 2.58. The third-order valence-corrected chi connectivity index (χ3v) is 5.28. The number of rotatable bonds is 4. The zero-order valence-corrected chi connectivity index (χ0v) is 15.5. The Labute approximate surface area is 166 Å². The molecule has 0 spiro atoms. The van der Waals surface area contributed by atoms with E-state index in [1.807, 2.05) is 0 Å². The minimum atomic E-state index is -0.669. The molecule has 0 bridgehead atoms. The van der Waals surface area contributed by atoms with Crippen molar-refractivity contribution in [3.8, 4) is 0 Å². The van der Waals surface area contributed by atoms with Crippen LogP contribution in [0.4, 0.5) is 14.5 Å². The molecule has 0 aliphatic carbocycles. The molecule has 8 heteroatoms. The number of carbonyl (C=O) groups excluding carboxylic acids is 3. The summed E-state index contributed by atoms with van der Waals surface area (Å²) >= 11 is 0. The summed E-state index contributed by atoms with van der Waals surface area (Å²) in [5.41, 5.74) is 0.577. The molecule has 1 saturated heterocycles. The van der Waals surface area contributed by atoms with Gasteiger partial charge in [-0.1, -0.05) is 18.2 Å². The van der Waals surface area contributed by atoms with Crippen LogP contribution in [-0.2, 0) is 16.1 Å². The highest BCUT2D eigenvalue weighted by atomic mass is 19.1.